The van der Waals surface area contributed by atoms with Crippen LogP contribution >= 0.6 is 23.1 Å². The number of thiazole rings is 1. The molecule has 90 valence electrons. The number of nitrogens with zero attached hydrogens (tertiary/aromatic N) is 1. The highest BCUT2D eigenvalue weighted by atomic mass is 32.2. The largest absolute Gasteiger partial charge is 0.324 e. The second kappa shape index (κ2) is 5.67. The smallest absolute Gasteiger partial charge is 0.0897 e. The molecule has 17 heavy (non-hydrogen) atoms. The van der Waals surface area contributed by atoms with E-state index in [1.165, 1.54) is 10.5 Å². The minimum Gasteiger partial charge on any atom is -0.324 e. The number of rotatable bonds is 4. The molecule has 1 heterocycles. The quantitative estimate of drug-likeness (QED) is 0.854. The third kappa shape index (κ3) is 3.56. The monoisotopic (exact) mass is 264 g/mol. The van der Waals surface area contributed by atoms with Crippen molar-refractivity contribution in [2.45, 2.75) is 30.5 Å². The molecule has 1 unspecified atom stereocenters. The van der Waals surface area contributed by atoms with E-state index in [-0.39, 0.29) is 6.04 Å². The lowest BCUT2D eigenvalue weighted by molar-refractivity contribution is 0.815. The van der Waals surface area contributed by atoms with Crippen LogP contribution in [0, 0.1) is 6.92 Å². The molecule has 0 aliphatic heterocycles. The van der Waals surface area contributed by atoms with Gasteiger partial charge in [-0.15, -0.1) is 23.1 Å². The maximum absolute atomic E-state index is 5.87. The fourth-order valence-corrected chi connectivity index (χ4v) is 3.09. The maximum Gasteiger partial charge on any atom is 0.0897 e. The van der Waals surface area contributed by atoms with Gasteiger partial charge in [-0.05, 0) is 31.5 Å². The lowest BCUT2D eigenvalue weighted by Gasteiger charge is -2.07. The van der Waals surface area contributed by atoms with Gasteiger partial charge >= 0.3 is 0 Å². The summed E-state index contributed by atoms with van der Waals surface area (Å²) in [5, 5.41) is 3.25. The Kier molecular flexibility index (Phi) is 4.20. The molecule has 0 saturated carbocycles. The van der Waals surface area contributed by atoms with E-state index in [2.05, 4.69) is 34.6 Å². The summed E-state index contributed by atoms with van der Waals surface area (Å²) in [6.45, 7) is 4.04. The number of thioether (sulfide) groups is 1. The predicted molar refractivity (Wildman–Crippen MR) is 75.5 cm³/mol. The van der Waals surface area contributed by atoms with Gasteiger partial charge in [-0.1, -0.05) is 12.1 Å². The van der Waals surface area contributed by atoms with Crippen LogP contribution in [0.4, 0.5) is 0 Å². The lowest BCUT2D eigenvalue weighted by Crippen LogP contribution is -2.04. The molecule has 1 aromatic heterocycles. The third-order valence-corrected chi connectivity index (χ3v) is 4.29. The summed E-state index contributed by atoms with van der Waals surface area (Å²) in [6.07, 6.45) is 0. The average molecular weight is 264 g/mol. The van der Waals surface area contributed by atoms with Crippen molar-refractivity contribution in [3.63, 3.8) is 0 Å². The molecular weight excluding hydrogens is 248 g/mol. The number of benzene rings is 1. The van der Waals surface area contributed by atoms with Crippen molar-refractivity contribution in [1.29, 1.82) is 0 Å². The number of hydrogen-bond donors (Lipinski definition) is 1. The topological polar surface area (TPSA) is 38.9 Å². The summed E-state index contributed by atoms with van der Waals surface area (Å²) in [6, 6.07) is 8.51. The van der Waals surface area contributed by atoms with Crippen LogP contribution in [-0.4, -0.2) is 4.98 Å². The van der Waals surface area contributed by atoms with Gasteiger partial charge in [0.25, 0.3) is 0 Å². The Morgan fingerprint density at radius 1 is 1.47 bits per heavy atom. The van der Waals surface area contributed by atoms with Gasteiger partial charge in [-0.2, -0.15) is 0 Å². The molecule has 0 amide bonds. The van der Waals surface area contributed by atoms with E-state index in [1.54, 1.807) is 11.3 Å². The Labute approximate surface area is 110 Å². The van der Waals surface area contributed by atoms with Crippen LogP contribution in [0.3, 0.4) is 0 Å². The lowest BCUT2D eigenvalue weighted by atomic mass is 10.1. The van der Waals surface area contributed by atoms with E-state index in [0.717, 1.165) is 16.5 Å². The summed E-state index contributed by atoms with van der Waals surface area (Å²) in [5.74, 6) is 0.923. The Morgan fingerprint density at radius 3 is 2.94 bits per heavy atom. The maximum atomic E-state index is 5.87. The zero-order valence-corrected chi connectivity index (χ0v) is 11.6. The van der Waals surface area contributed by atoms with Crippen LogP contribution in [0.2, 0.25) is 0 Å². The van der Waals surface area contributed by atoms with Crippen molar-refractivity contribution < 1.29 is 0 Å². The van der Waals surface area contributed by atoms with Gasteiger partial charge in [0.2, 0.25) is 0 Å². The second-order valence-corrected chi connectivity index (χ2v) is 6.12. The van der Waals surface area contributed by atoms with E-state index in [1.807, 2.05) is 25.6 Å². The van der Waals surface area contributed by atoms with Crippen LogP contribution in [0.15, 0.2) is 34.5 Å². The summed E-state index contributed by atoms with van der Waals surface area (Å²) in [7, 11) is 0. The summed E-state index contributed by atoms with van der Waals surface area (Å²) in [4.78, 5) is 5.71. The molecule has 1 aromatic carbocycles. The molecule has 0 radical (unpaired) electrons. The van der Waals surface area contributed by atoms with Gasteiger partial charge in [-0.3, -0.25) is 0 Å². The van der Waals surface area contributed by atoms with E-state index < -0.39 is 0 Å². The fraction of sp³-hybridized carbons (Fsp3) is 0.308. The standard InChI is InChI=1S/C13H16N2S2/c1-9(14)11-4-3-5-13(6-11)17-8-12-7-16-10(2)15-12/h3-7,9H,8,14H2,1-2H3. The first-order valence-corrected chi connectivity index (χ1v) is 7.41. The van der Waals surface area contributed by atoms with Crippen LogP contribution in [0.1, 0.15) is 29.2 Å². The van der Waals surface area contributed by atoms with Gasteiger partial charge < -0.3 is 5.73 Å². The predicted octanol–water partition coefficient (Wildman–Crippen LogP) is 3.76. The van der Waals surface area contributed by atoms with Crippen molar-refractivity contribution in [2.24, 2.45) is 5.73 Å². The highest BCUT2D eigenvalue weighted by molar-refractivity contribution is 7.98. The zero-order chi connectivity index (χ0) is 12.3. The highest BCUT2D eigenvalue weighted by Crippen LogP contribution is 2.25. The van der Waals surface area contributed by atoms with Crippen molar-refractivity contribution in [2.75, 3.05) is 0 Å². The van der Waals surface area contributed by atoms with Crippen LogP contribution in [0.25, 0.3) is 0 Å². The molecule has 1 atom stereocenters. The molecule has 0 bridgehead atoms. The SMILES string of the molecule is Cc1nc(CSc2cccc(C(C)N)c2)cs1. The molecule has 2 aromatic rings. The van der Waals surface area contributed by atoms with E-state index in [4.69, 9.17) is 5.73 Å². The second-order valence-electron chi connectivity index (χ2n) is 4.01. The van der Waals surface area contributed by atoms with Crippen LogP contribution < -0.4 is 5.73 Å². The minimum absolute atomic E-state index is 0.0945. The average Bonchev–Trinajstić information content (AvgIpc) is 2.73. The number of hydrogen-bond acceptors (Lipinski definition) is 4. The molecule has 0 aliphatic rings. The van der Waals surface area contributed by atoms with E-state index in [0.29, 0.717) is 0 Å². The molecule has 0 saturated heterocycles. The summed E-state index contributed by atoms with van der Waals surface area (Å²) in [5.41, 5.74) is 8.21. The Hall–Kier alpha value is -0.840. The molecular formula is C13H16N2S2. The zero-order valence-electron chi connectivity index (χ0n) is 10.0. The minimum atomic E-state index is 0.0945. The van der Waals surface area contributed by atoms with Gasteiger partial charge in [0.15, 0.2) is 0 Å². The molecule has 0 aliphatic carbocycles. The Morgan fingerprint density at radius 2 is 2.29 bits per heavy atom. The molecule has 2 nitrogen and oxygen atoms in total. The van der Waals surface area contributed by atoms with Crippen molar-refractivity contribution in [3.8, 4) is 0 Å². The number of aryl methyl sites for hydroxylation is 1. The number of nitrogens with two attached hydrogens (primary N) is 1. The van der Waals surface area contributed by atoms with Crippen molar-refractivity contribution >= 4 is 23.1 Å². The van der Waals surface area contributed by atoms with Crippen molar-refractivity contribution in [3.05, 3.63) is 45.9 Å². The molecule has 0 fully saturated rings. The molecule has 2 N–H and O–H groups in total. The summed E-state index contributed by atoms with van der Waals surface area (Å²) < 4.78 is 0. The Bertz CT molecular complexity index is 492. The first kappa shape index (κ1) is 12.6. The number of aromatic nitrogens is 1. The highest BCUT2D eigenvalue weighted by Gasteiger charge is 2.03. The van der Waals surface area contributed by atoms with Gasteiger partial charge in [0.05, 0.1) is 10.7 Å². The summed E-state index contributed by atoms with van der Waals surface area (Å²) >= 11 is 3.51. The molecule has 0 spiro atoms. The van der Waals surface area contributed by atoms with Gasteiger partial charge in [0.1, 0.15) is 0 Å². The fourth-order valence-electron chi connectivity index (χ4n) is 1.52. The third-order valence-electron chi connectivity index (χ3n) is 2.44. The first-order valence-electron chi connectivity index (χ1n) is 5.54. The first-order chi connectivity index (χ1) is 8.15. The van der Waals surface area contributed by atoms with Gasteiger partial charge in [0, 0.05) is 22.1 Å². The Balaban J connectivity index is 2.01. The molecule has 4 heteroatoms. The van der Waals surface area contributed by atoms with Gasteiger partial charge in [-0.25, -0.2) is 4.98 Å². The van der Waals surface area contributed by atoms with Crippen LogP contribution in [0.5, 0.6) is 0 Å². The normalized spacial score (nSPS) is 12.6. The molecule has 2 rings (SSSR count). The van der Waals surface area contributed by atoms with Crippen LogP contribution in [-0.2, 0) is 5.75 Å². The van der Waals surface area contributed by atoms with E-state index >= 15 is 0 Å². The van der Waals surface area contributed by atoms with E-state index in [9.17, 15) is 0 Å². The van der Waals surface area contributed by atoms with Crippen molar-refractivity contribution in [1.82, 2.24) is 4.98 Å².